The number of anilines is 1. The first kappa shape index (κ1) is 15.3. The lowest BCUT2D eigenvalue weighted by Crippen LogP contribution is -2.16. The van der Waals surface area contributed by atoms with Crippen LogP contribution in [-0.4, -0.2) is 32.6 Å². The van der Waals surface area contributed by atoms with Crippen LogP contribution in [0.5, 0.6) is 0 Å². The zero-order valence-corrected chi connectivity index (χ0v) is 12.6. The number of carbonyl (C=O) groups is 1. The van der Waals surface area contributed by atoms with Crippen molar-refractivity contribution in [3.8, 4) is 0 Å². The number of para-hydroxylation sites is 1. The molecule has 0 saturated heterocycles. The number of aromatic nitrogens is 1. The smallest absolute Gasteiger partial charge is 0.325 e. The van der Waals surface area contributed by atoms with E-state index in [1.807, 2.05) is 24.3 Å². The van der Waals surface area contributed by atoms with Crippen LogP contribution in [-0.2, 0) is 31.3 Å². The predicted molar refractivity (Wildman–Crippen MR) is 78.4 cm³/mol. The average molecular weight is 312 g/mol. The molecule has 0 aliphatic rings. The fourth-order valence-electron chi connectivity index (χ4n) is 2.10. The number of esters is 1. The Morgan fingerprint density at radius 1 is 1.33 bits per heavy atom. The summed E-state index contributed by atoms with van der Waals surface area (Å²) in [5.74, 6) is -0.358. The zero-order valence-electron chi connectivity index (χ0n) is 11.7. The predicted octanol–water partition coefficient (Wildman–Crippen LogP) is 1.10. The molecular formula is C13H16N2O5S. The summed E-state index contributed by atoms with van der Waals surface area (Å²) in [6.45, 7) is 2.10. The largest absolute Gasteiger partial charge is 0.465 e. The van der Waals surface area contributed by atoms with Crippen LogP contribution >= 0.6 is 0 Å². The van der Waals surface area contributed by atoms with E-state index in [1.54, 1.807) is 17.7 Å². The third kappa shape index (κ3) is 3.53. The van der Waals surface area contributed by atoms with E-state index in [4.69, 9.17) is 4.74 Å². The molecule has 0 fully saturated rings. The quantitative estimate of drug-likeness (QED) is 0.489. The average Bonchev–Trinajstić information content (AvgIpc) is 2.77. The van der Waals surface area contributed by atoms with Gasteiger partial charge in [0.25, 0.3) is 11.0 Å². The molecule has 0 unspecified atom stereocenters. The monoisotopic (exact) mass is 312 g/mol. The van der Waals surface area contributed by atoms with Gasteiger partial charge in [-0.1, -0.05) is 18.2 Å². The summed E-state index contributed by atoms with van der Waals surface area (Å²) in [5, 5.41) is 1.93. The van der Waals surface area contributed by atoms with Gasteiger partial charge >= 0.3 is 5.97 Å². The van der Waals surface area contributed by atoms with Crippen LogP contribution < -0.4 is 5.06 Å². The summed E-state index contributed by atoms with van der Waals surface area (Å²) in [4.78, 5) is 11.6. The lowest BCUT2D eigenvalue weighted by molar-refractivity contribution is -0.143. The number of rotatable bonds is 6. The van der Waals surface area contributed by atoms with Gasteiger partial charge in [-0.15, -0.1) is 0 Å². The number of hydrogen-bond acceptors (Lipinski definition) is 6. The molecule has 7 nitrogen and oxygen atoms in total. The minimum Gasteiger partial charge on any atom is -0.465 e. The van der Waals surface area contributed by atoms with Gasteiger partial charge in [-0.3, -0.25) is 4.79 Å². The molecule has 21 heavy (non-hydrogen) atoms. The standard InChI is InChI=1S/C13H16N2O5S/c1-3-19-13(16)9-15-8-12(14(2)20-21(17)18)10-6-4-5-7-11(10)15/h4-8,21H,3,9H2,1-2H3. The second kappa shape index (κ2) is 6.59. The summed E-state index contributed by atoms with van der Waals surface area (Å²) in [6.07, 6.45) is 1.65. The molecule has 114 valence electrons. The Kier molecular flexibility index (Phi) is 4.81. The highest BCUT2D eigenvalue weighted by atomic mass is 32.2. The Bertz CT molecular complexity index is 714. The molecule has 2 aromatic rings. The number of carbonyl (C=O) groups excluding carboxylic acids is 1. The van der Waals surface area contributed by atoms with Crippen LogP contribution in [0, 0.1) is 0 Å². The molecule has 0 aliphatic heterocycles. The number of benzene rings is 1. The zero-order chi connectivity index (χ0) is 15.4. The van der Waals surface area contributed by atoms with Crippen LogP contribution in [0.15, 0.2) is 30.5 Å². The Morgan fingerprint density at radius 3 is 2.71 bits per heavy atom. The summed E-state index contributed by atoms with van der Waals surface area (Å²) >= 11 is 0. The SMILES string of the molecule is CCOC(=O)Cn1cc(N(C)O[SH](=O)=O)c2ccccc21. The van der Waals surface area contributed by atoms with Crippen molar-refractivity contribution in [3.63, 3.8) is 0 Å². The Hall–Kier alpha value is -2.06. The van der Waals surface area contributed by atoms with Crippen molar-refractivity contribution in [2.24, 2.45) is 0 Å². The van der Waals surface area contributed by atoms with E-state index in [1.165, 1.54) is 7.05 Å². The third-order valence-electron chi connectivity index (χ3n) is 2.90. The van der Waals surface area contributed by atoms with Gasteiger partial charge in [0.15, 0.2) is 0 Å². The van der Waals surface area contributed by atoms with Crippen molar-refractivity contribution in [2.45, 2.75) is 13.5 Å². The maximum atomic E-state index is 11.6. The molecule has 0 atom stereocenters. The maximum Gasteiger partial charge on any atom is 0.325 e. The lowest BCUT2D eigenvalue weighted by Gasteiger charge is -2.12. The number of nitrogens with zero attached hydrogens (tertiary/aromatic N) is 2. The van der Waals surface area contributed by atoms with E-state index in [0.29, 0.717) is 12.3 Å². The van der Waals surface area contributed by atoms with Gasteiger partial charge in [0.05, 0.1) is 17.8 Å². The van der Waals surface area contributed by atoms with Crippen molar-refractivity contribution in [1.82, 2.24) is 4.57 Å². The topological polar surface area (TPSA) is 77.8 Å². The van der Waals surface area contributed by atoms with E-state index in [0.717, 1.165) is 16.0 Å². The van der Waals surface area contributed by atoms with E-state index in [9.17, 15) is 13.2 Å². The van der Waals surface area contributed by atoms with Crippen molar-refractivity contribution in [2.75, 3.05) is 18.7 Å². The molecule has 0 N–H and O–H groups in total. The summed E-state index contributed by atoms with van der Waals surface area (Å²) in [6, 6.07) is 7.32. The summed E-state index contributed by atoms with van der Waals surface area (Å²) in [5.41, 5.74) is 1.34. The Morgan fingerprint density at radius 2 is 2.05 bits per heavy atom. The van der Waals surface area contributed by atoms with Gasteiger partial charge in [0, 0.05) is 18.6 Å². The number of ether oxygens (including phenoxy) is 1. The summed E-state index contributed by atoms with van der Waals surface area (Å²) < 4.78 is 32.7. The molecule has 0 spiro atoms. The third-order valence-corrected chi connectivity index (χ3v) is 3.28. The lowest BCUT2D eigenvalue weighted by atomic mass is 10.2. The first-order chi connectivity index (χ1) is 10.0. The van der Waals surface area contributed by atoms with E-state index in [2.05, 4.69) is 4.28 Å². The van der Waals surface area contributed by atoms with Crippen molar-refractivity contribution in [3.05, 3.63) is 30.5 Å². The molecular weight excluding hydrogens is 296 g/mol. The first-order valence-corrected chi connectivity index (χ1v) is 7.42. The van der Waals surface area contributed by atoms with Gasteiger partial charge in [-0.2, -0.15) is 4.28 Å². The Balaban J connectivity index is 2.41. The minimum atomic E-state index is -3.01. The molecule has 1 aromatic carbocycles. The van der Waals surface area contributed by atoms with E-state index >= 15 is 0 Å². The molecule has 1 aromatic heterocycles. The van der Waals surface area contributed by atoms with E-state index < -0.39 is 11.0 Å². The fourth-order valence-corrected chi connectivity index (χ4v) is 2.39. The highest BCUT2D eigenvalue weighted by Crippen LogP contribution is 2.28. The first-order valence-electron chi connectivity index (χ1n) is 6.32. The fraction of sp³-hybridized carbons (Fsp3) is 0.308. The molecule has 0 bridgehead atoms. The highest BCUT2D eigenvalue weighted by molar-refractivity contribution is 7.67. The van der Waals surface area contributed by atoms with Gasteiger partial charge < -0.3 is 9.30 Å². The number of hydrogen-bond donors (Lipinski definition) is 1. The number of hydroxylamine groups is 1. The normalized spacial score (nSPS) is 11.0. The van der Waals surface area contributed by atoms with Crippen molar-refractivity contribution < 1.29 is 22.2 Å². The van der Waals surface area contributed by atoms with Crippen LogP contribution in [0.4, 0.5) is 5.69 Å². The van der Waals surface area contributed by atoms with Crippen molar-refractivity contribution in [1.29, 1.82) is 0 Å². The Labute approximate surface area is 123 Å². The highest BCUT2D eigenvalue weighted by Gasteiger charge is 2.15. The van der Waals surface area contributed by atoms with Crippen LogP contribution in [0.2, 0.25) is 0 Å². The molecule has 8 heteroatoms. The maximum absolute atomic E-state index is 11.6. The van der Waals surface area contributed by atoms with Crippen molar-refractivity contribution >= 4 is 33.5 Å². The number of fused-ring (bicyclic) bond motifs is 1. The van der Waals surface area contributed by atoms with Crippen LogP contribution in [0.1, 0.15) is 6.92 Å². The van der Waals surface area contributed by atoms with Gasteiger partial charge in [0.1, 0.15) is 6.54 Å². The summed E-state index contributed by atoms with van der Waals surface area (Å²) in [7, 11) is -1.52. The molecule has 0 saturated carbocycles. The second-order valence-electron chi connectivity index (χ2n) is 4.27. The van der Waals surface area contributed by atoms with Crippen LogP contribution in [0.3, 0.4) is 0 Å². The van der Waals surface area contributed by atoms with Gasteiger partial charge in [-0.05, 0) is 13.0 Å². The molecule has 0 radical (unpaired) electrons. The van der Waals surface area contributed by atoms with Gasteiger partial charge in [-0.25, -0.2) is 13.5 Å². The molecule has 1 heterocycles. The second-order valence-corrected chi connectivity index (χ2v) is 4.88. The van der Waals surface area contributed by atoms with Crippen LogP contribution in [0.25, 0.3) is 10.9 Å². The molecule has 2 rings (SSSR count). The van der Waals surface area contributed by atoms with Gasteiger partial charge in [0.2, 0.25) is 0 Å². The molecule has 0 aliphatic carbocycles. The molecule has 0 amide bonds. The minimum absolute atomic E-state index is 0.0473. The van der Waals surface area contributed by atoms with E-state index in [-0.39, 0.29) is 12.5 Å². The number of thiol groups is 1.